The second-order valence-corrected chi connectivity index (χ2v) is 8.20. The highest BCUT2D eigenvalue weighted by Gasteiger charge is 2.12. The predicted octanol–water partition coefficient (Wildman–Crippen LogP) is 2.43. The Morgan fingerprint density at radius 3 is 2.25 bits per heavy atom. The molecule has 0 spiro atoms. The second kappa shape index (κ2) is 8.32. The van der Waals surface area contributed by atoms with Crippen LogP contribution in [0.25, 0.3) is 0 Å². The minimum Gasteiger partial charge on any atom is -0.351 e. The molecular weight excluding hydrogens is 344 g/mol. The van der Waals surface area contributed by atoms with E-state index < -0.39 is 10.0 Å². The van der Waals surface area contributed by atoms with Gasteiger partial charge < -0.3 is 5.32 Å². The first kappa shape index (κ1) is 18.5. The van der Waals surface area contributed by atoms with Gasteiger partial charge in [0, 0.05) is 22.8 Å². The quantitative estimate of drug-likeness (QED) is 0.584. The van der Waals surface area contributed by atoms with Crippen molar-refractivity contribution in [3.05, 3.63) is 59.7 Å². The first-order valence-corrected chi connectivity index (χ1v) is 9.90. The first-order chi connectivity index (χ1) is 11.4. The number of carbonyl (C=O) groups excluding carboxylic acids is 1. The molecule has 0 aliphatic heterocycles. The molecule has 0 aliphatic carbocycles. The van der Waals surface area contributed by atoms with Gasteiger partial charge in [0.1, 0.15) is 0 Å². The Kier molecular flexibility index (Phi) is 6.42. The van der Waals surface area contributed by atoms with Crippen LogP contribution in [-0.4, -0.2) is 33.7 Å². The number of sulfonamides is 1. The summed E-state index contributed by atoms with van der Waals surface area (Å²) in [5, 5.41) is 2.83. The van der Waals surface area contributed by atoms with Crippen LogP contribution in [0.2, 0.25) is 0 Å². The number of amides is 1. The maximum Gasteiger partial charge on any atom is 0.251 e. The number of hydrogen-bond donors (Lipinski definition) is 2. The van der Waals surface area contributed by atoms with E-state index in [4.69, 9.17) is 0 Å². The zero-order valence-electron chi connectivity index (χ0n) is 13.6. The molecule has 0 aliphatic rings. The lowest BCUT2D eigenvalue weighted by molar-refractivity contribution is 0.0956. The van der Waals surface area contributed by atoms with Crippen LogP contribution < -0.4 is 10.0 Å². The normalized spacial score (nSPS) is 11.2. The van der Waals surface area contributed by atoms with Gasteiger partial charge >= 0.3 is 0 Å². The molecule has 0 atom stereocenters. The average molecular weight is 364 g/mol. The number of rotatable bonds is 7. The van der Waals surface area contributed by atoms with Gasteiger partial charge in [-0.15, -0.1) is 11.8 Å². The average Bonchev–Trinajstić information content (AvgIpc) is 2.60. The highest BCUT2D eigenvalue weighted by atomic mass is 32.2. The van der Waals surface area contributed by atoms with Gasteiger partial charge in [0.25, 0.3) is 5.91 Å². The number of hydrogen-bond acceptors (Lipinski definition) is 4. The maximum atomic E-state index is 12.0. The molecule has 128 valence electrons. The Labute approximate surface area is 146 Å². The van der Waals surface area contributed by atoms with Crippen LogP contribution in [0.15, 0.2) is 58.3 Å². The molecule has 5 nitrogen and oxygen atoms in total. The molecular formula is C17H20N2O3S2. The second-order valence-electron chi connectivity index (χ2n) is 5.15. The van der Waals surface area contributed by atoms with Gasteiger partial charge in [-0.05, 0) is 50.4 Å². The van der Waals surface area contributed by atoms with Crippen LogP contribution in [0.1, 0.15) is 15.9 Å². The van der Waals surface area contributed by atoms with Crippen LogP contribution in [0.5, 0.6) is 0 Å². The van der Waals surface area contributed by atoms with Gasteiger partial charge in [-0.2, -0.15) is 0 Å². The molecule has 7 heteroatoms. The van der Waals surface area contributed by atoms with E-state index in [1.807, 2.05) is 6.92 Å². The summed E-state index contributed by atoms with van der Waals surface area (Å²) in [4.78, 5) is 13.3. The standard InChI is InChI=1S/C17H20N2O3S2/c1-13-3-7-15(8-4-13)23-12-11-19-17(20)14-5-9-16(10-6-14)24(21,22)18-2/h3-10,18H,11-12H2,1-2H3,(H,19,20). The van der Waals surface area contributed by atoms with E-state index in [1.54, 1.807) is 11.8 Å². The molecule has 0 aromatic heterocycles. The SMILES string of the molecule is CNS(=O)(=O)c1ccc(C(=O)NCCSc2ccc(C)cc2)cc1. The summed E-state index contributed by atoms with van der Waals surface area (Å²) in [7, 11) is -2.13. The van der Waals surface area contributed by atoms with Gasteiger partial charge in [0.05, 0.1) is 4.90 Å². The molecule has 0 saturated carbocycles. The van der Waals surface area contributed by atoms with Crippen molar-refractivity contribution in [2.75, 3.05) is 19.3 Å². The number of aryl methyl sites for hydroxylation is 1. The topological polar surface area (TPSA) is 75.3 Å². The van der Waals surface area contributed by atoms with E-state index in [9.17, 15) is 13.2 Å². The van der Waals surface area contributed by atoms with Crippen molar-refractivity contribution in [1.82, 2.24) is 10.0 Å². The molecule has 0 heterocycles. The number of benzene rings is 2. The molecule has 1 amide bonds. The van der Waals surface area contributed by atoms with E-state index in [2.05, 4.69) is 34.3 Å². The third kappa shape index (κ3) is 5.09. The van der Waals surface area contributed by atoms with Crippen LogP contribution in [0.4, 0.5) is 0 Å². The third-order valence-corrected chi connectivity index (χ3v) is 5.82. The summed E-state index contributed by atoms with van der Waals surface area (Å²) >= 11 is 1.67. The summed E-state index contributed by atoms with van der Waals surface area (Å²) in [6.45, 7) is 2.58. The Morgan fingerprint density at radius 2 is 1.67 bits per heavy atom. The minimum absolute atomic E-state index is 0.136. The number of carbonyl (C=O) groups is 1. The van der Waals surface area contributed by atoms with Gasteiger partial charge in [-0.1, -0.05) is 17.7 Å². The lowest BCUT2D eigenvalue weighted by Gasteiger charge is -2.07. The summed E-state index contributed by atoms with van der Waals surface area (Å²) in [5.74, 6) is 0.550. The molecule has 2 aromatic carbocycles. The molecule has 0 fully saturated rings. The van der Waals surface area contributed by atoms with Crippen molar-refractivity contribution >= 4 is 27.7 Å². The fraction of sp³-hybridized carbons (Fsp3) is 0.235. The summed E-state index contributed by atoms with van der Waals surface area (Å²) in [6, 6.07) is 14.1. The van der Waals surface area contributed by atoms with E-state index in [0.29, 0.717) is 12.1 Å². The van der Waals surface area contributed by atoms with Crippen LogP contribution >= 0.6 is 11.8 Å². The Hall–Kier alpha value is -1.83. The Bertz CT molecular complexity index is 786. The molecule has 0 bridgehead atoms. The van der Waals surface area contributed by atoms with Crippen molar-refractivity contribution in [3.63, 3.8) is 0 Å². The molecule has 0 radical (unpaired) electrons. The van der Waals surface area contributed by atoms with Crippen LogP contribution in [-0.2, 0) is 10.0 Å². The van der Waals surface area contributed by atoms with E-state index in [-0.39, 0.29) is 10.8 Å². The van der Waals surface area contributed by atoms with Crippen molar-refractivity contribution < 1.29 is 13.2 Å². The van der Waals surface area contributed by atoms with E-state index in [0.717, 1.165) is 10.6 Å². The number of thioether (sulfide) groups is 1. The zero-order chi connectivity index (χ0) is 17.6. The largest absolute Gasteiger partial charge is 0.351 e. The maximum absolute atomic E-state index is 12.0. The molecule has 2 aromatic rings. The van der Waals surface area contributed by atoms with Crippen molar-refractivity contribution in [1.29, 1.82) is 0 Å². The van der Waals surface area contributed by atoms with Crippen LogP contribution in [0.3, 0.4) is 0 Å². The molecule has 0 saturated heterocycles. The van der Waals surface area contributed by atoms with E-state index >= 15 is 0 Å². The summed E-state index contributed by atoms with van der Waals surface area (Å²) in [6.07, 6.45) is 0. The van der Waals surface area contributed by atoms with Gasteiger partial charge in [-0.3, -0.25) is 4.79 Å². The van der Waals surface area contributed by atoms with Gasteiger partial charge in [0.2, 0.25) is 10.0 Å². The highest BCUT2D eigenvalue weighted by Crippen LogP contribution is 2.17. The zero-order valence-corrected chi connectivity index (χ0v) is 15.2. The summed E-state index contributed by atoms with van der Waals surface area (Å²) < 4.78 is 25.5. The fourth-order valence-corrected chi connectivity index (χ4v) is 3.47. The smallest absolute Gasteiger partial charge is 0.251 e. The van der Waals surface area contributed by atoms with Crippen molar-refractivity contribution in [2.45, 2.75) is 16.7 Å². The third-order valence-electron chi connectivity index (χ3n) is 3.37. The summed E-state index contributed by atoms with van der Waals surface area (Å²) in [5.41, 5.74) is 1.65. The molecule has 2 rings (SSSR count). The lowest BCUT2D eigenvalue weighted by Crippen LogP contribution is -2.26. The molecule has 2 N–H and O–H groups in total. The van der Waals surface area contributed by atoms with Gasteiger partial charge in [0.15, 0.2) is 0 Å². The Morgan fingerprint density at radius 1 is 1.04 bits per heavy atom. The van der Waals surface area contributed by atoms with Crippen molar-refractivity contribution in [2.24, 2.45) is 0 Å². The number of nitrogens with one attached hydrogen (secondary N) is 2. The predicted molar refractivity (Wildman–Crippen MR) is 96.9 cm³/mol. The Balaban J connectivity index is 1.83. The molecule has 24 heavy (non-hydrogen) atoms. The lowest BCUT2D eigenvalue weighted by atomic mass is 10.2. The molecule has 0 unspecified atom stereocenters. The fourth-order valence-electron chi connectivity index (χ4n) is 1.97. The minimum atomic E-state index is -3.48. The first-order valence-electron chi connectivity index (χ1n) is 7.43. The van der Waals surface area contributed by atoms with Crippen LogP contribution in [0, 0.1) is 6.92 Å². The highest BCUT2D eigenvalue weighted by molar-refractivity contribution is 7.99. The van der Waals surface area contributed by atoms with Crippen molar-refractivity contribution in [3.8, 4) is 0 Å². The van der Waals surface area contributed by atoms with Gasteiger partial charge in [-0.25, -0.2) is 13.1 Å². The van der Waals surface area contributed by atoms with E-state index in [1.165, 1.54) is 36.9 Å². The monoisotopic (exact) mass is 364 g/mol.